The van der Waals surface area contributed by atoms with Gasteiger partial charge in [-0.2, -0.15) is 0 Å². The Balaban J connectivity index is 1.81. The van der Waals surface area contributed by atoms with Gasteiger partial charge in [0, 0.05) is 12.6 Å². The van der Waals surface area contributed by atoms with Crippen LogP contribution in [0.2, 0.25) is 0 Å². The van der Waals surface area contributed by atoms with E-state index >= 15 is 0 Å². The number of carbonyl (C=O) groups is 1. The highest BCUT2D eigenvalue weighted by Crippen LogP contribution is 2.26. The largest absolute Gasteiger partial charge is 0.490 e. The molecule has 0 unspecified atom stereocenters. The number of nitrogens with one attached hydrogen (secondary N) is 1. The van der Waals surface area contributed by atoms with Gasteiger partial charge in [0.2, 0.25) is 0 Å². The third-order valence-corrected chi connectivity index (χ3v) is 3.50. The van der Waals surface area contributed by atoms with E-state index in [-0.39, 0.29) is 18.6 Å². The fraction of sp³-hybridized carbons (Fsp3) is 0.562. The molecule has 2 rings (SSSR count). The van der Waals surface area contributed by atoms with E-state index in [9.17, 15) is 4.79 Å². The maximum Gasteiger partial charge on any atom is 0.258 e. The average Bonchev–Trinajstić information content (AvgIpc) is 2.47. The smallest absolute Gasteiger partial charge is 0.258 e. The topological polar surface area (TPSA) is 50.8 Å². The van der Waals surface area contributed by atoms with Crippen molar-refractivity contribution in [3.8, 4) is 11.5 Å². The Morgan fingerprint density at radius 2 is 2.05 bits per heavy atom. The molecule has 1 aromatic rings. The van der Waals surface area contributed by atoms with Crippen molar-refractivity contribution in [1.29, 1.82) is 0 Å². The molecule has 0 spiro atoms. The molecule has 5 nitrogen and oxygen atoms in total. The van der Waals surface area contributed by atoms with Crippen molar-refractivity contribution in [1.82, 2.24) is 10.2 Å². The number of likely N-dealkylation sites (tertiary alicyclic amines) is 1. The Kier molecular flexibility index (Phi) is 5.87. The van der Waals surface area contributed by atoms with Gasteiger partial charge < -0.3 is 19.7 Å². The molecular formula is C16H24N2O3. The number of ether oxygens (including phenoxy) is 2. The lowest BCUT2D eigenvalue weighted by Gasteiger charge is -2.30. The molecule has 1 fully saturated rings. The van der Waals surface area contributed by atoms with Crippen molar-refractivity contribution in [2.45, 2.75) is 25.8 Å². The normalized spacial score (nSPS) is 19.0. The average molecular weight is 292 g/mol. The van der Waals surface area contributed by atoms with Crippen LogP contribution in [0.15, 0.2) is 24.3 Å². The maximum absolute atomic E-state index is 12.0. The third kappa shape index (κ3) is 4.93. The fourth-order valence-corrected chi connectivity index (χ4v) is 2.54. The third-order valence-electron chi connectivity index (χ3n) is 3.50. The monoisotopic (exact) mass is 292 g/mol. The van der Waals surface area contributed by atoms with E-state index in [1.54, 1.807) is 0 Å². The molecule has 5 heteroatoms. The van der Waals surface area contributed by atoms with Gasteiger partial charge in [0.05, 0.1) is 6.61 Å². The molecule has 1 heterocycles. The van der Waals surface area contributed by atoms with Crippen molar-refractivity contribution in [2.75, 3.05) is 33.4 Å². The minimum atomic E-state index is -0.0819. The first-order valence-corrected chi connectivity index (χ1v) is 7.51. The summed E-state index contributed by atoms with van der Waals surface area (Å²) in [4.78, 5) is 14.2. The van der Waals surface area contributed by atoms with Gasteiger partial charge in [-0.3, -0.25) is 4.79 Å². The summed E-state index contributed by atoms with van der Waals surface area (Å²) < 4.78 is 11.0. The van der Waals surface area contributed by atoms with E-state index in [1.165, 1.54) is 0 Å². The van der Waals surface area contributed by atoms with E-state index in [1.807, 2.05) is 31.2 Å². The van der Waals surface area contributed by atoms with Crippen molar-refractivity contribution in [3.05, 3.63) is 24.3 Å². The zero-order valence-corrected chi connectivity index (χ0v) is 12.8. The lowest BCUT2D eigenvalue weighted by Crippen LogP contribution is -2.47. The molecule has 1 aliphatic heterocycles. The number of likely N-dealkylation sites (N-methyl/N-ethyl adjacent to an activating group) is 1. The van der Waals surface area contributed by atoms with E-state index < -0.39 is 0 Å². The highest BCUT2D eigenvalue weighted by atomic mass is 16.5. The lowest BCUT2D eigenvalue weighted by molar-refractivity contribution is -0.124. The predicted octanol–water partition coefficient (Wildman–Crippen LogP) is 1.67. The van der Waals surface area contributed by atoms with E-state index in [0.29, 0.717) is 18.1 Å². The molecule has 1 atom stereocenters. The highest BCUT2D eigenvalue weighted by molar-refractivity contribution is 5.78. The van der Waals surface area contributed by atoms with E-state index in [0.717, 1.165) is 25.9 Å². The summed E-state index contributed by atoms with van der Waals surface area (Å²) >= 11 is 0. The lowest BCUT2D eigenvalue weighted by atomic mass is 10.1. The molecule has 1 aromatic carbocycles. The van der Waals surface area contributed by atoms with Crippen molar-refractivity contribution >= 4 is 5.91 Å². The van der Waals surface area contributed by atoms with Gasteiger partial charge in [0.1, 0.15) is 0 Å². The van der Waals surface area contributed by atoms with E-state index in [4.69, 9.17) is 9.47 Å². The fourth-order valence-electron chi connectivity index (χ4n) is 2.54. The van der Waals surface area contributed by atoms with Gasteiger partial charge in [-0.1, -0.05) is 12.1 Å². The molecular weight excluding hydrogens is 268 g/mol. The number of para-hydroxylation sites is 2. The number of amides is 1. The van der Waals surface area contributed by atoms with Crippen LogP contribution in [0, 0.1) is 0 Å². The van der Waals surface area contributed by atoms with Crippen LogP contribution in [0.5, 0.6) is 11.5 Å². The second-order valence-electron chi connectivity index (χ2n) is 5.34. The Bertz CT molecular complexity index is 465. The van der Waals surface area contributed by atoms with Gasteiger partial charge in [0.15, 0.2) is 18.1 Å². The molecule has 0 saturated carbocycles. The van der Waals surface area contributed by atoms with Crippen LogP contribution in [-0.4, -0.2) is 50.2 Å². The summed E-state index contributed by atoms with van der Waals surface area (Å²) in [5.74, 6) is 1.20. The number of piperidine rings is 1. The SMILES string of the molecule is CCOc1ccccc1OCC(=O)N[C@@H]1CCCN(C)C1. The number of nitrogens with zero attached hydrogens (tertiary/aromatic N) is 1. The summed E-state index contributed by atoms with van der Waals surface area (Å²) in [5, 5.41) is 3.02. The van der Waals surface area contributed by atoms with Crippen LogP contribution < -0.4 is 14.8 Å². The molecule has 1 aliphatic rings. The van der Waals surface area contributed by atoms with Crippen LogP contribution in [-0.2, 0) is 4.79 Å². The van der Waals surface area contributed by atoms with Gasteiger partial charge >= 0.3 is 0 Å². The van der Waals surface area contributed by atoms with Crippen LogP contribution in [0.25, 0.3) is 0 Å². The first-order chi connectivity index (χ1) is 10.2. The summed E-state index contributed by atoms with van der Waals surface area (Å²) in [6, 6.07) is 7.63. The Labute approximate surface area is 126 Å². The first kappa shape index (κ1) is 15.6. The molecule has 1 N–H and O–H groups in total. The van der Waals surface area contributed by atoms with Crippen molar-refractivity contribution in [3.63, 3.8) is 0 Å². The first-order valence-electron chi connectivity index (χ1n) is 7.51. The van der Waals surface area contributed by atoms with Crippen LogP contribution in [0.4, 0.5) is 0 Å². The molecule has 0 aromatic heterocycles. The minimum Gasteiger partial charge on any atom is -0.490 e. The number of benzene rings is 1. The van der Waals surface area contributed by atoms with E-state index in [2.05, 4.69) is 17.3 Å². The number of hydrogen-bond donors (Lipinski definition) is 1. The molecule has 0 radical (unpaired) electrons. The Morgan fingerprint density at radius 3 is 2.71 bits per heavy atom. The number of carbonyl (C=O) groups excluding carboxylic acids is 1. The van der Waals surface area contributed by atoms with Crippen molar-refractivity contribution < 1.29 is 14.3 Å². The molecule has 0 aliphatic carbocycles. The van der Waals surface area contributed by atoms with Gasteiger partial charge in [-0.25, -0.2) is 0 Å². The molecule has 1 saturated heterocycles. The van der Waals surface area contributed by atoms with Crippen LogP contribution in [0.1, 0.15) is 19.8 Å². The summed E-state index contributed by atoms with van der Waals surface area (Å²) in [5.41, 5.74) is 0. The predicted molar refractivity (Wildman–Crippen MR) is 81.8 cm³/mol. The molecule has 1 amide bonds. The second kappa shape index (κ2) is 7.88. The van der Waals surface area contributed by atoms with Crippen LogP contribution in [0.3, 0.4) is 0 Å². The number of hydrogen-bond acceptors (Lipinski definition) is 4. The summed E-state index contributed by atoms with van der Waals surface area (Å²) in [7, 11) is 2.08. The zero-order valence-electron chi connectivity index (χ0n) is 12.8. The Hall–Kier alpha value is -1.75. The second-order valence-corrected chi connectivity index (χ2v) is 5.34. The highest BCUT2D eigenvalue weighted by Gasteiger charge is 2.19. The van der Waals surface area contributed by atoms with Crippen LogP contribution >= 0.6 is 0 Å². The quantitative estimate of drug-likeness (QED) is 0.866. The summed E-state index contributed by atoms with van der Waals surface area (Å²) in [6.07, 6.45) is 2.15. The van der Waals surface area contributed by atoms with Crippen molar-refractivity contribution in [2.24, 2.45) is 0 Å². The Morgan fingerprint density at radius 1 is 1.33 bits per heavy atom. The van der Waals surface area contributed by atoms with Gasteiger partial charge in [-0.15, -0.1) is 0 Å². The number of rotatable bonds is 6. The molecule has 21 heavy (non-hydrogen) atoms. The van der Waals surface area contributed by atoms with Gasteiger partial charge in [0.25, 0.3) is 5.91 Å². The molecule has 0 bridgehead atoms. The minimum absolute atomic E-state index is 0.0182. The standard InChI is InChI=1S/C16H24N2O3/c1-3-20-14-8-4-5-9-15(14)21-12-16(19)17-13-7-6-10-18(2)11-13/h4-5,8-9,13H,3,6-7,10-12H2,1-2H3,(H,17,19)/t13-/m1/s1. The maximum atomic E-state index is 12.0. The summed E-state index contributed by atoms with van der Waals surface area (Å²) in [6.45, 7) is 4.51. The molecule has 116 valence electrons. The van der Waals surface area contributed by atoms with Gasteiger partial charge in [-0.05, 0) is 45.5 Å². The zero-order chi connectivity index (χ0) is 15.1.